The normalized spacial score (nSPS) is 20.0. The van der Waals surface area contributed by atoms with Gasteiger partial charge in [0.05, 0.1) is 0 Å². The molecule has 1 aliphatic heterocycles. The third kappa shape index (κ3) is 4.22. The number of para-hydroxylation sites is 1. The van der Waals surface area contributed by atoms with E-state index in [0.29, 0.717) is 17.9 Å². The average Bonchev–Trinajstić information content (AvgIpc) is 3.21. The number of rotatable bonds is 8. The van der Waals surface area contributed by atoms with Crippen LogP contribution in [0, 0.1) is 5.92 Å². The quantitative estimate of drug-likeness (QED) is 0.393. The van der Waals surface area contributed by atoms with Crippen LogP contribution in [-0.4, -0.2) is 51.8 Å². The number of urea groups is 1. The number of amides is 3. The van der Waals surface area contributed by atoms with E-state index in [-0.39, 0.29) is 5.78 Å². The van der Waals surface area contributed by atoms with Gasteiger partial charge in [0, 0.05) is 22.7 Å². The lowest BCUT2D eigenvalue weighted by molar-refractivity contribution is -0.149. The fourth-order valence-electron chi connectivity index (χ4n) is 3.55. The van der Waals surface area contributed by atoms with Crippen LogP contribution in [0.3, 0.4) is 0 Å². The fourth-order valence-corrected chi connectivity index (χ4v) is 3.55. The molecule has 160 valence electrons. The fraction of sp³-hybridized carbons (Fsp3) is 0.455. The molecule has 0 aliphatic carbocycles. The number of hydrogen-bond acceptors (Lipinski definition) is 5. The Morgan fingerprint density at radius 3 is 2.57 bits per heavy atom. The average molecular weight is 413 g/mol. The topological polar surface area (TPSA) is 109 Å². The number of fused-ring (bicyclic) bond motifs is 1. The Bertz CT molecular complexity index is 996. The van der Waals surface area contributed by atoms with Gasteiger partial charge in [-0.25, -0.2) is 4.79 Å². The minimum absolute atomic E-state index is 0.361. The van der Waals surface area contributed by atoms with Gasteiger partial charge in [-0.15, -0.1) is 0 Å². The van der Waals surface area contributed by atoms with Crippen molar-refractivity contribution in [1.29, 1.82) is 0 Å². The van der Waals surface area contributed by atoms with Gasteiger partial charge >= 0.3 is 12.0 Å². The highest BCUT2D eigenvalue weighted by Crippen LogP contribution is 2.25. The molecule has 0 radical (unpaired) electrons. The van der Waals surface area contributed by atoms with E-state index in [1.807, 2.05) is 32.0 Å². The van der Waals surface area contributed by atoms with Crippen molar-refractivity contribution in [3.05, 3.63) is 36.0 Å². The van der Waals surface area contributed by atoms with Gasteiger partial charge in [0.2, 0.25) is 5.78 Å². The van der Waals surface area contributed by atoms with Crippen molar-refractivity contribution < 1.29 is 23.9 Å². The highest BCUT2D eigenvalue weighted by Gasteiger charge is 2.48. The minimum atomic E-state index is -1.05. The number of nitrogens with zero attached hydrogens (tertiary/aromatic N) is 1. The predicted octanol–water partition coefficient (Wildman–Crippen LogP) is 3.03. The maximum Gasteiger partial charge on any atom is 0.326 e. The van der Waals surface area contributed by atoms with Gasteiger partial charge in [-0.1, -0.05) is 32.0 Å². The molecule has 0 unspecified atom stereocenters. The number of carbonyl (C=O) groups is 4. The highest BCUT2D eigenvalue weighted by atomic mass is 16.5. The van der Waals surface area contributed by atoms with E-state index >= 15 is 0 Å². The molecule has 1 saturated heterocycles. The summed E-state index contributed by atoms with van der Waals surface area (Å²) in [5.74, 6) is -1.25. The van der Waals surface area contributed by atoms with E-state index in [1.54, 1.807) is 19.2 Å². The molecule has 2 aromatic rings. The van der Waals surface area contributed by atoms with Crippen molar-refractivity contribution in [2.75, 3.05) is 6.54 Å². The Morgan fingerprint density at radius 2 is 1.87 bits per heavy atom. The zero-order chi connectivity index (χ0) is 22.1. The lowest BCUT2D eigenvalue weighted by atomic mass is 9.92. The van der Waals surface area contributed by atoms with Gasteiger partial charge in [-0.05, 0) is 38.7 Å². The zero-order valence-electron chi connectivity index (χ0n) is 17.7. The smallest absolute Gasteiger partial charge is 0.326 e. The molecule has 0 spiro atoms. The van der Waals surface area contributed by atoms with Gasteiger partial charge in [0.1, 0.15) is 12.1 Å². The van der Waals surface area contributed by atoms with E-state index in [9.17, 15) is 19.2 Å². The first-order valence-corrected chi connectivity index (χ1v) is 10.1. The van der Waals surface area contributed by atoms with Gasteiger partial charge in [-0.2, -0.15) is 0 Å². The second-order valence-corrected chi connectivity index (χ2v) is 8.33. The van der Waals surface area contributed by atoms with Crippen molar-refractivity contribution in [3.8, 4) is 0 Å². The van der Waals surface area contributed by atoms with Gasteiger partial charge in [-0.3, -0.25) is 19.3 Å². The van der Waals surface area contributed by atoms with E-state index in [0.717, 1.165) is 22.2 Å². The molecule has 30 heavy (non-hydrogen) atoms. The van der Waals surface area contributed by atoms with Gasteiger partial charge in [0.25, 0.3) is 5.91 Å². The summed E-state index contributed by atoms with van der Waals surface area (Å²) in [5, 5.41) is 3.40. The van der Waals surface area contributed by atoms with Crippen LogP contribution in [0.2, 0.25) is 0 Å². The molecule has 8 heteroatoms. The third-order valence-electron chi connectivity index (χ3n) is 5.39. The maximum absolute atomic E-state index is 12.7. The number of aromatic amines is 1. The van der Waals surface area contributed by atoms with Crippen LogP contribution in [0.1, 0.15) is 50.9 Å². The van der Waals surface area contributed by atoms with Crippen LogP contribution in [0.4, 0.5) is 4.79 Å². The zero-order valence-corrected chi connectivity index (χ0v) is 17.7. The first kappa shape index (κ1) is 21.5. The molecule has 3 amide bonds. The molecule has 0 bridgehead atoms. The molecule has 2 atom stereocenters. The molecule has 0 saturated carbocycles. The second-order valence-electron chi connectivity index (χ2n) is 8.33. The number of esters is 1. The highest BCUT2D eigenvalue weighted by molar-refractivity contribution is 6.11. The van der Waals surface area contributed by atoms with Crippen LogP contribution in [-0.2, 0) is 14.3 Å². The number of Topliss-reactive ketones (excluding diaryl/α,β-unsaturated/α-hetero) is 1. The van der Waals surface area contributed by atoms with Crippen LogP contribution in [0.25, 0.3) is 10.9 Å². The number of imide groups is 1. The lowest BCUT2D eigenvalue weighted by Gasteiger charge is -2.22. The van der Waals surface area contributed by atoms with Gasteiger partial charge in [0.15, 0.2) is 6.10 Å². The van der Waals surface area contributed by atoms with Gasteiger partial charge < -0.3 is 15.0 Å². The summed E-state index contributed by atoms with van der Waals surface area (Å²) in [6.07, 6.45) is 1.77. The Labute approximate surface area is 174 Å². The summed E-state index contributed by atoms with van der Waals surface area (Å²) in [6.45, 7) is 6.66. The number of carbonyl (C=O) groups excluding carboxylic acids is 4. The molecule has 2 N–H and O–H groups in total. The van der Waals surface area contributed by atoms with Crippen LogP contribution in [0.15, 0.2) is 30.5 Å². The number of benzene rings is 1. The molecule has 1 fully saturated rings. The SMILES string of the molecule is CC(C)CC[C@@]1(C)NC(=O)N(CC(=O)O[C@H](C)C(=O)c2c[nH]c3ccccc23)C1=O. The Morgan fingerprint density at radius 1 is 1.17 bits per heavy atom. The van der Waals surface area contributed by atoms with Crippen LogP contribution < -0.4 is 5.32 Å². The van der Waals surface area contributed by atoms with Crippen molar-refractivity contribution in [2.24, 2.45) is 5.92 Å². The number of H-pyrrole nitrogens is 1. The third-order valence-corrected chi connectivity index (χ3v) is 5.39. The number of aromatic nitrogens is 1. The number of ketones is 1. The predicted molar refractivity (Wildman–Crippen MR) is 111 cm³/mol. The number of ether oxygens (including phenoxy) is 1. The summed E-state index contributed by atoms with van der Waals surface area (Å²) < 4.78 is 5.23. The largest absolute Gasteiger partial charge is 0.453 e. The molecule has 1 aromatic heterocycles. The molecular formula is C22H27N3O5. The van der Waals surface area contributed by atoms with E-state index < -0.39 is 36.1 Å². The standard InChI is InChI=1S/C22H27N3O5/c1-13(2)9-10-22(4)20(28)25(21(29)24-22)12-18(26)30-14(3)19(27)16-11-23-17-8-6-5-7-15(16)17/h5-8,11,13-14,23H,9-10,12H2,1-4H3,(H,24,29)/t14-,22-/m1/s1. The summed E-state index contributed by atoms with van der Waals surface area (Å²) in [4.78, 5) is 53.9. The van der Waals surface area contributed by atoms with Crippen LogP contribution >= 0.6 is 0 Å². The molecule has 3 rings (SSSR count). The van der Waals surface area contributed by atoms with Crippen molar-refractivity contribution in [2.45, 2.75) is 52.2 Å². The molecule has 2 heterocycles. The van der Waals surface area contributed by atoms with Crippen molar-refractivity contribution in [1.82, 2.24) is 15.2 Å². The van der Waals surface area contributed by atoms with Crippen molar-refractivity contribution >= 4 is 34.6 Å². The summed E-state index contributed by atoms with van der Waals surface area (Å²) in [5.41, 5.74) is 0.189. The lowest BCUT2D eigenvalue weighted by Crippen LogP contribution is -2.44. The summed E-state index contributed by atoms with van der Waals surface area (Å²) in [6, 6.07) is 6.69. The minimum Gasteiger partial charge on any atom is -0.453 e. The summed E-state index contributed by atoms with van der Waals surface area (Å²) in [7, 11) is 0. The molecule has 8 nitrogen and oxygen atoms in total. The van der Waals surface area contributed by atoms with E-state index in [1.165, 1.54) is 6.92 Å². The first-order chi connectivity index (χ1) is 14.1. The summed E-state index contributed by atoms with van der Waals surface area (Å²) >= 11 is 0. The monoisotopic (exact) mass is 413 g/mol. The second kappa shape index (κ2) is 8.30. The first-order valence-electron chi connectivity index (χ1n) is 10.1. The van der Waals surface area contributed by atoms with Crippen molar-refractivity contribution in [3.63, 3.8) is 0 Å². The molecular weight excluding hydrogens is 386 g/mol. The molecule has 1 aliphatic rings. The van der Waals surface area contributed by atoms with E-state index in [2.05, 4.69) is 10.3 Å². The Kier molecular flexibility index (Phi) is 5.96. The van der Waals surface area contributed by atoms with E-state index in [4.69, 9.17) is 4.74 Å². The Balaban J connectivity index is 1.63. The Hall–Kier alpha value is -3.16. The molecule has 1 aromatic carbocycles. The van der Waals surface area contributed by atoms with Crippen LogP contribution in [0.5, 0.6) is 0 Å². The number of hydrogen-bond donors (Lipinski definition) is 2. The number of nitrogens with one attached hydrogen (secondary N) is 2. The maximum atomic E-state index is 12.7.